The Morgan fingerprint density at radius 3 is 2.74 bits per heavy atom. The van der Waals surface area contributed by atoms with Crippen LogP contribution in [0.1, 0.15) is 38.9 Å². The van der Waals surface area contributed by atoms with Crippen molar-refractivity contribution in [2.24, 2.45) is 5.92 Å². The molecular formula is C15H21FN2O. The van der Waals surface area contributed by atoms with Gasteiger partial charge in [0.25, 0.3) is 0 Å². The number of hydrogen-bond donors (Lipinski definition) is 1. The zero-order valence-corrected chi connectivity index (χ0v) is 11.7. The Morgan fingerprint density at radius 2 is 2.16 bits per heavy atom. The van der Waals surface area contributed by atoms with E-state index in [1.165, 1.54) is 12.1 Å². The monoisotopic (exact) mass is 264 g/mol. The van der Waals surface area contributed by atoms with E-state index in [0.29, 0.717) is 6.54 Å². The van der Waals surface area contributed by atoms with Gasteiger partial charge in [-0.1, -0.05) is 32.4 Å². The molecule has 1 amide bonds. The fraction of sp³-hybridized carbons (Fsp3) is 0.533. The van der Waals surface area contributed by atoms with Gasteiger partial charge in [0, 0.05) is 6.54 Å². The van der Waals surface area contributed by atoms with E-state index in [4.69, 9.17) is 0 Å². The zero-order chi connectivity index (χ0) is 14.0. The first-order chi connectivity index (χ1) is 9.08. The molecule has 0 radical (unpaired) electrons. The SMILES string of the molecule is CCC(C)C1NC(c2cccc(F)c2)N(CC)C1=O. The Balaban J connectivity index is 2.28. The summed E-state index contributed by atoms with van der Waals surface area (Å²) in [6.45, 7) is 6.72. The summed E-state index contributed by atoms with van der Waals surface area (Å²) in [5.41, 5.74) is 0.806. The van der Waals surface area contributed by atoms with Crippen LogP contribution in [0.25, 0.3) is 0 Å². The quantitative estimate of drug-likeness (QED) is 0.907. The normalized spacial score (nSPS) is 24.8. The average Bonchev–Trinajstić information content (AvgIpc) is 2.75. The molecule has 0 spiro atoms. The first-order valence-corrected chi connectivity index (χ1v) is 6.90. The number of nitrogens with one attached hydrogen (secondary N) is 1. The average molecular weight is 264 g/mol. The zero-order valence-electron chi connectivity index (χ0n) is 11.7. The molecule has 1 heterocycles. The molecule has 2 rings (SSSR count). The number of halogens is 1. The van der Waals surface area contributed by atoms with Crippen LogP contribution in [0.15, 0.2) is 24.3 Å². The predicted molar refractivity (Wildman–Crippen MR) is 72.9 cm³/mol. The van der Waals surface area contributed by atoms with E-state index in [2.05, 4.69) is 19.2 Å². The molecule has 0 saturated carbocycles. The van der Waals surface area contributed by atoms with E-state index in [9.17, 15) is 9.18 Å². The Kier molecular flexibility index (Phi) is 4.20. The van der Waals surface area contributed by atoms with Gasteiger partial charge in [0.15, 0.2) is 0 Å². The van der Waals surface area contributed by atoms with Crippen molar-refractivity contribution in [2.75, 3.05) is 6.54 Å². The van der Waals surface area contributed by atoms with Crippen molar-refractivity contribution < 1.29 is 9.18 Å². The first-order valence-electron chi connectivity index (χ1n) is 6.90. The van der Waals surface area contributed by atoms with Gasteiger partial charge in [-0.2, -0.15) is 0 Å². The van der Waals surface area contributed by atoms with Crippen molar-refractivity contribution in [2.45, 2.75) is 39.4 Å². The summed E-state index contributed by atoms with van der Waals surface area (Å²) >= 11 is 0. The standard InChI is InChI=1S/C15H21FN2O/c1-4-10(3)13-15(19)18(5-2)14(17-13)11-7-6-8-12(16)9-11/h6-10,13-14,17H,4-5H2,1-3H3. The number of likely N-dealkylation sites (N-methyl/N-ethyl adjacent to an activating group) is 1. The minimum atomic E-state index is -0.269. The summed E-state index contributed by atoms with van der Waals surface area (Å²) < 4.78 is 13.3. The van der Waals surface area contributed by atoms with Crippen LogP contribution in [0.2, 0.25) is 0 Å². The number of rotatable bonds is 4. The highest BCUT2D eigenvalue weighted by atomic mass is 19.1. The molecule has 1 saturated heterocycles. The summed E-state index contributed by atoms with van der Waals surface area (Å²) in [5.74, 6) is 0.126. The van der Waals surface area contributed by atoms with Gasteiger partial charge in [-0.25, -0.2) is 4.39 Å². The smallest absolute Gasteiger partial charge is 0.241 e. The van der Waals surface area contributed by atoms with Gasteiger partial charge in [0.05, 0.1) is 6.04 Å². The molecule has 1 aromatic rings. The van der Waals surface area contributed by atoms with Gasteiger partial charge >= 0.3 is 0 Å². The second-order valence-corrected chi connectivity index (χ2v) is 5.11. The number of amides is 1. The highest BCUT2D eigenvalue weighted by Crippen LogP contribution is 2.28. The molecule has 0 aromatic heterocycles. The molecular weight excluding hydrogens is 243 g/mol. The van der Waals surface area contributed by atoms with Crippen molar-refractivity contribution in [1.82, 2.24) is 10.2 Å². The molecule has 3 atom stereocenters. The van der Waals surface area contributed by atoms with Gasteiger partial charge in [-0.15, -0.1) is 0 Å². The number of carbonyl (C=O) groups excluding carboxylic acids is 1. The molecule has 0 aliphatic carbocycles. The van der Waals surface area contributed by atoms with Crippen LogP contribution in [0.5, 0.6) is 0 Å². The molecule has 19 heavy (non-hydrogen) atoms. The highest BCUT2D eigenvalue weighted by molar-refractivity contribution is 5.84. The minimum Gasteiger partial charge on any atom is -0.322 e. The van der Waals surface area contributed by atoms with E-state index in [1.807, 2.05) is 13.0 Å². The predicted octanol–water partition coefficient (Wildman–Crippen LogP) is 2.69. The van der Waals surface area contributed by atoms with Crippen LogP contribution in [-0.2, 0) is 4.79 Å². The molecule has 1 aromatic carbocycles. The number of carbonyl (C=O) groups is 1. The topological polar surface area (TPSA) is 32.3 Å². The number of benzene rings is 1. The molecule has 1 fully saturated rings. The maximum atomic E-state index is 13.3. The highest BCUT2D eigenvalue weighted by Gasteiger charge is 2.40. The fourth-order valence-electron chi connectivity index (χ4n) is 2.57. The fourth-order valence-corrected chi connectivity index (χ4v) is 2.57. The second kappa shape index (κ2) is 5.70. The van der Waals surface area contributed by atoms with Crippen molar-refractivity contribution in [3.05, 3.63) is 35.6 Å². The van der Waals surface area contributed by atoms with Crippen LogP contribution in [0, 0.1) is 11.7 Å². The first kappa shape index (κ1) is 14.0. The Bertz CT molecular complexity index is 463. The maximum Gasteiger partial charge on any atom is 0.241 e. The van der Waals surface area contributed by atoms with E-state index in [0.717, 1.165) is 12.0 Å². The molecule has 0 bridgehead atoms. The largest absolute Gasteiger partial charge is 0.322 e. The van der Waals surface area contributed by atoms with Crippen LogP contribution >= 0.6 is 0 Å². The molecule has 4 heteroatoms. The lowest BCUT2D eigenvalue weighted by atomic mass is 9.99. The van der Waals surface area contributed by atoms with Crippen molar-refractivity contribution >= 4 is 5.91 Å². The summed E-state index contributed by atoms with van der Waals surface area (Å²) in [6, 6.07) is 6.28. The van der Waals surface area contributed by atoms with Gasteiger partial charge < -0.3 is 4.90 Å². The van der Waals surface area contributed by atoms with E-state index in [1.54, 1.807) is 11.0 Å². The van der Waals surface area contributed by atoms with Crippen LogP contribution in [-0.4, -0.2) is 23.4 Å². The van der Waals surface area contributed by atoms with Crippen molar-refractivity contribution in [3.8, 4) is 0 Å². The molecule has 3 nitrogen and oxygen atoms in total. The van der Waals surface area contributed by atoms with E-state index < -0.39 is 0 Å². The molecule has 1 aliphatic rings. The Morgan fingerprint density at radius 1 is 1.42 bits per heavy atom. The van der Waals surface area contributed by atoms with Crippen molar-refractivity contribution in [1.29, 1.82) is 0 Å². The van der Waals surface area contributed by atoms with Crippen LogP contribution in [0.4, 0.5) is 4.39 Å². The summed E-state index contributed by atoms with van der Waals surface area (Å²) in [6.07, 6.45) is 0.726. The maximum absolute atomic E-state index is 13.3. The molecule has 3 unspecified atom stereocenters. The van der Waals surface area contributed by atoms with Gasteiger partial charge in [-0.05, 0) is 30.5 Å². The Labute approximate surface area is 113 Å². The third kappa shape index (κ3) is 2.63. The minimum absolute atomic E-state index is 0.117. The van der Waals surface area contributed by atoms with E-state index in [-0.39, 0.29) is 29.8 Å². The van der Waals surface area contributed by atoms with Crippen LogP contribution in [0.3, 0.4) is 0 Å². The molecule has 104 valence electrons. The lowest BCUT2D eigenvalue weighted by Crippen LogP contribution is -2.35. The van der Waals surface area contributed by atoms with Gasteiger partial charge in [0.2, 0.25) is 5.91 Å². The van der Waals surface area contributed by atoms with Crippen molar-refractivity contribution in [3.63, 3.8) is 0 Å². The lowest BCUT2D eigenvalue weighted by Gasteiger charge is -2.22. The lowest BCUT2D eigenvalue weighted by molar-refractivity contribution is -0.130. The summed E-state index contributed by atoms with van der Waals surface area (Å²) in [4.78, 5) is 14.2. The van der Waals surface area contributed by atoms with Gasteiger partial charge in [-0.3, -0.25) is 10.1 Å². The summed E-state index contributed by atoms with van der Waals surface area (Å²) in [5, 5.41) is 3.35. The van der Waals surface area contributed by atoms with Gasteiger partial charge in [0.1, 0.15) is 12.0 Å². The number of nitrogens with zero attached hydrogens (tertiary/aromatic N) is 1. The van der Waals surface area contributed by atoms with E-state index >= 15 is 0 Å². The third-order valence-electron chi connectivity index (χ3n) is 3.92. The second-order valence-electron chi connectivity index (χ2n) is 5.11. The van der Waals surface area contributed by atoms with Crippen LogP contribution < -0.4 is 5.32 Å². The Hall–Kier alpha value is -1.42. The molecule has 1 aliphatic heterocycles. The number of hydrogen-bond acceptors (Lipinski definition) is 2. The third-order valence-corrected chi connectivity index (χ3v) is 3.92. The molecule has 1 N–H and O–H groups in total. The summed E-state index contributed by atoms with van der Waals surface area (Å²) in [7, 11) is 0.